The van der Waals surface area contributed by atoms with E-state index in [1.54, 1.807) is 24.5 Å². The van der Waals surface area contributed by atoms with Crippen LogP contribution in [0.3, 0.4) is 0 Å². The summed E-state index contributed by atoms with van der Waals surface area (Å²) in [4.78, 5) is 25.6. The number of amides is 1. The van der Waals surface area contributed by atoms with Gasteiger partial charge in [-0.3, -0.25) is 9.36 Å². The summed E-state index contributed by atoms with van der Waals surface area (Å²) in [6, 6.07) is 3.49. The number of likely N-dealkylation sites (N-methyl/N-ethyl adjacent to an activating group) is 1. The molecule has 1 aliphatic heterocycles. The van der Waals surface area contributed by atoms with Crippen molar-refractivity contribution in [3.05, 3.63) is 30.9 Å². The zero-order chi connectivity index (χ0) is 24.5. The van der Waals surface area contributed by atoms with E-state index >= 15 is 0 Å². The fraction of sp³-hybridized carbons (Fsp3) is 0.400. The number of ether oxygens (including phenoxy) is 1. The van der Waals surface area contributed by atoms with Crippen LogP contribution in [0.4, 0.5) is 5.82 Å². The quantitative estimate of drug-likeness (QED) is 0.253. The average molecular weight is 481 g/mol. The van der Waals surface area contributed by atoms with Crippen LogP contribution in [-0.4, -0.2) is 92.7 Å². The summed E-state index contributed by atoms with van der Waals surface area (Å²) in [6.07, 6.45) is 0.248. The lowest BCUT2D eigenvalue weighted by atomic mass is 10.1. The molecular formula is C20H23N11O4. The largest absolute Gasteiger partial charge is 0.387 e. The van der Waals surface area contributed by atoms with Crippen LogP contribution in [-0.2, 0) is 9.53 Å². The van der Waals surface area contributed by atoms with Gasteiger partial charge in [0, 0.05) is 19.8 Å². The average Bonchev–Trinajstić information content (AvgIpc) is 3.61. The van der Waals surface area contributed by atoms with Gasteiger partial charge < -0.3 is 25.6 Å². The molecular weight excluding hydrogens is 458 g/mol. The highest BCUT2D eigenvalue weighted by atomic mass is 16.6. The van der Waals surface area contributed by atoms with Crippen molar-refractivity contribution in [3.63, 3.8) is 0 Å². The molecule has 4 aromatic heterocycles. The zero-order valence-electron chi connectivity index (χ0n) is 18.8. The van der Waals surface area contributed by atoms with E-state index in [0.717, 1.165) is 6.42 Å². The van der Waals surface area contributed by atoms with Crippen LogP contribution in [0.1, 0.15) is 19.6 Å². The molecule has 0 unspecified atom stereocenters. The maximum Gasteiger partial charge on any atom is 0.256 e. The molecule has 1 saturated heterocycles. The van der Waals surface area contributed by atoms with Gasteiger partial charge in [0.2, 0.25) is 0 Å². The number of anilines is 1. The van der Waals surface area contributed by atoms with Crippen LogP contribution in [0.2, 0.25) is 0 Å². The van der Waals surface area contributed by atoms with Gasteiger partial charge >= 0.3 is 0 Å². The van der Waals surface area contributed by atoms with Gasteiger partial charge in [-0.1, -0.05) is 12.1 Å². The van der Waals surface area contributed by atoms with Gasteiger partial charge in [0.15, 0.2) is 29.3 Å². The summed E-state index contributed by atoms with van der Waals surface area (Å²) in [5.74, 6) is 0.0673. The number of carbonyl (C=O) groups is 1. The van der Waals surface area contributed by atoms with E-state index in [1.165, 1.54) is 22.6 Å². The predicted molar refractivity (Wildman–Crippen MR) is 120 cm³/mol. The van der Waals surface area contributed by atoms with Crippen LogP contribution >= 0.6 is 0 Å². The Labute approximate surface area is 198 Å². The monoisotopic (exact) mass is 481 g/mol. The smallest absolute Gasteiger partial charge is 0.256 e. The Kier molecular flexibility index (Phi) is 6.02. The van der Waals surface area contributed by atoms with Gasteiger partial charge in [-0.15, -0.1) is 10.2 Å². The molecule has 5 heterocycles. The molecule has 15 heteroatoms. The number of fused-ring (bicyclic) bond motifs is 1. The molecule has 1 fully saturated rings. The molecule has 5 rings (SSSR count). The number of aliphatic hydroxyl groups excluding tert-OH is 2. The van der Waals surface area contributed by atoms with E-state index in [0.29, 0.717) is 34.9 Å². The second-order valence-electron chi connectivity index (χ2n) is 7.82. The summed E-state index contributed by atoms with van der Waals surface area (Å²) < 4.78 is 8.53. The summed E-state index contributed by atoms with van der Waals surface area (Å²) in [6.45, 7) is 2.64. The second-order valence-corrected chi connectivity index (χ2v) is 7.82. The predicted octanol–water partition coefficient (Wildman–Crippen LogP) is -0.949. The number of nitrogens with one attached hydrogen (secondary N) is 2. The molecule has 0 spiro atoms. The first-order valence-electron chi connectivity index (χ1n) is 10.9. The van der Waals surface area contributed by atoms with Crippen LogP contribution in [0, 0.1) is 0 Å². The fourth-order valence-corrected chi connectivity index (χ4v) is 3.73. The molecule has 1 amide bonds. The van der Waals surface area contributed by atoms with Crippen LogP contribution in [0.5, 0.6) is 0 Å². The summed E-state index contributed by atoms with van der Waals surface area (Å²) >= 11 is 0. The molecule has 0 aliphatic carbocycles. The summed E-state index contributed by atoms with van der Waals surface area (Å²) in [7, 11) is 1.42. The van der Waals surface area contributed by atoms with E-state index in [2.05, 4.69) is 46.1 Å². The first-order chi connectivity index (χ1) is 17.0. The molecule has 15 nitrogen and oxygen atoms in total. The minimum absolute atomic E-state index is 0.177. The Morgan fingerprint density at radius 3 is 2.80 bits per heavy atom. The van der Waals surface area contributed by atoms with E-state index in [4.69, 9.17) is 4.74 Å². The summed E-state index contributed by atoms with van der Waals surface area (Å²) in [5.41, 5.74) is 1.74. The summed E-state index contributed by atoms with van der Waals surface area (Å²) in [5, 5.41) is 42.8. The number of nitrogens with zero attached hydrogens (tertiary/aromatic N) is 9. The first kappa shape index (κ1) is 22.7. The van der Waals surface area contributed by atoms with Gasteiger partial charge in [0.1, 0.15) is 23.6 Å². The molecule has 0 radical (unpaired) electrons. The van der Waals surface area contributed by atoms with Gasteiger partial charge in [0.25, 0.3) is 11.9 Å². The Balaban J connectivity index is 1.58. The third kappa shape index (κ3) is 4.05. The number of imidazole rings is 1. The Morgan fingerprint density at radius 2 is 2.06 bits per heavy atom. The van der Waals surface area contributed by atoms with Crippen molar-refractivity contribution in [1.82, 2.24) is 50.0 Å². The highest BCUT2D eigenvalue weighted by Gasteiger charge is 2.47. The lowest BCUT2D eigenvalue weighted by Gasteiger charge is -2.17. The van der Waals surface area contributed by atoms with Crippen molar-refractivity contribution in [3.8, 4) is 17.3 Å². The highest BCUT2D eigenvalue weighted by Crippen LogP contribution is 2.33. The van der Waals surface area contributed by atoms with Crippen LogP contribution in [0.25, 0.3) is 28.5 Å². The van der Waals surface area contributed by atoms with E-state index in [1.807, 2.05) is 6.92 Å². The fourth-order valence-electron chi connectivity index (χ4n) is 3.73. The first-order valence-corrected chi connectivity index (χ1v) is 10.9. The number of hydrogen-bond donors (Lipinski definition) is 4. The molecule has 0 bridgehead atoms. The third-order valence-corrected chi connectivity index (χ3v) is 5.50. The Morgan fingerprint density at radius 1 is 1.20 bits per heavy atom. The number of rotatable bonds is 7. The molecule has 35 heavy (non-hydrogen) atoms. The normalized spacial score (nSPS) is 21.9. The van der Waals surface area contributed by atoms with Crippen molar-refractivity contribution < 1.29 is 19.7 Å². The molecule has 0 saturated carbocycles. The minimum atomic E-state index is -1.43. The lowest BCUT2D eigenvalue weighted by molar-refractivity contribution is -0.137. The van der Waals surface area contributed by atoms with Crippen molar-refractivity contribution >= 4 is 22.9 Å². The van der Waals surface area contributed by atoms with E-state index in [-0.39, 0.29) is 5.95 Å². The molecule has 4 atom stereocenters. The number of aliphatic hydroxyl groups is 2. The molecule has 4 aromatic rings. The highest BCUT2D eigenvalue weighted by molar-refractivity contribution is 5.84. The number of hydrogen-bond acceptors (Lipinski definition) is 12. The van der Waals surface area contributed by atoms with Crippen LogP contribution in [0.15, 0.2) is 30.9 Å². The standard InChI is InChI=1S/C20H23N11O4/c1-3-6-22-16-12-17(30(9-23-12)19-14(33)13(32)15(35-19)18(34)21-2)26-20(25-16)31-8-11(28-29-31)10-5-4-7-24-27-10/h4-5,7-9,13-15,19,32-33H,3,6H2,1-2H3,(H,21,34)(H,22,25,26)/t13-,14+,15-,19+/m0/s1. The van der Waals surface area contributed by atoms with E-state index in [9.17, 15) is 15.0 Å². The van der Waals surface area contributed by atoms with Crippen molar-refractivity contribution in [1.29, 1.82) is 0 Å². The molecule has 4 N–H and O–H groups in total. The molecule has 182 valence electrons. The molecule has 1 aliphatic rings. The van der Waals surface area contributed by atoms with Gasteiger partial charge in [0.05, 0.1) is 12.5 Å². The van der Waals surface area contributed by atoms with Crippen LogP contribution < -0.4 is 10.6 Å². The van der Waals surface area contributed by atoms with E-state index < -0.39 is 30.4 Å². The van der Waals surface area contributed by atoms with Crippen molar-refractivity contribution in [2.24, 2.45) is 0 Å². The second kappa shape index (κ2) is 9.28. The number of aromatic nitrogens is 9. The van der Waals surface area contributed by atoms with Crippen molar-refractivity contribution in [2.75, 3.05) is 18.9 Å². The van der Waals surface area contributed by atoms with Gasteiger partial charge in [-0.05, 0) is 18.6 Å². The maximum absolute atomic E-state index is 12.1. The minimum Gasteiger partial charge on any atom is -0.387 e. The topological polar surface area (TPSA) is 191 Å². The van der Waals surface area contributed by atoms with Gasteiger partial charge in [-0.25, -0.2) is 4.98 Å². The van der Waals surface area contributed by atoms with Gasteiger partial charge in [-0.2, -0.15) is 19.7 Å². The SMILES string of the molecule is CCCNc1nc(-n2cc(-c3cccnn3)nn2)nc2c1ncn2[C@@H]1O[C@H](C(=O)NC)[C@@H](O)[C@H]1O. The lowest BCUT2D eigenvalue weighted by Crippen LogP contribution is -2.41. The number of carbonyl (C=O) groups excluding carboxylic acids is 1. The Hall–Kier alpha value is -4.08. The zero-order valence-corrected chi connectivity index (χ0v) is 18.8. The maximum atomic E-state index is 12.1. The van der Waals surface area contributed by atoms with Crippen molar-refractivity contribution in [2.45, 2.75) is 37.9 Å². The Bertz CT molecular complexity index is 1340. The third-order valence-electron chi connectivity index (χ3n) is 5.50. The molecule has 0 aromatic carbocycles.